The number of hydrogen-bond acceptors (Lipinski definition) is 2. The van der Waals surface area contributed by atoms with Gasteiger partial charge in [0.05, 0.1) is 0 Å². The number of aliphatic hydroxyl groups excluding tert-OH is 1. The summed E-state index contributed by atoms with van der Waals surface area (Å²) in [5.41, 5.74) is 0.301. The van der Waals surface area contributed by atoms with Gasteiger partial charge in [0.2, 0.25) is 0 Å². The number of nitrogens with zero attached hydrogens (tertiary/aromatic N) is 1. The van der Waals surface area contributed by atoms with E-state index in [1.165, 1.54) is 45.2 Å². The fourth-order valence-corrected chi connectivity index (χ4v) is 3.36. The first-order chi connectivity index (χ1) is 7.13. The molecule has 2 rings (SSSR count). The minimum atomic E-state index is 0.301. The first-order valence-corrected chi connectivity index (χ1v) is 6.48. The van der Waals surface area contributed by atoms with Crippen molar-refractivity contribution in [2.75, 3.05) is 19.7 Å². The number of hydrogen-bond donors (Lipinski definition) is 1. The summed E-state index contributed by atoms with van der Waals surface area (Å²) in [5, 5.41) is 9.36. The summed E-state index contributed by atoms with van der Waals surface area (Å²) >= 11 is 0. The third-order valence-electron chi connectivity index (χ3n) is 4.54. The van der Waals surface area contributed by atoms with E-state index in [4.69, 9.17) is 0 Å². The first kappa shape index (κ1) is 11.4. The summed E-state index contributed by atoms with van der Waals surface area (Å²) in [6.07, 6.45) is 6.83. The first-order valence-electron chi connectivity index (χ1n) is 6.48. The van der Waals surface area contributed by atoms with Gasteiger partial charge in [0.25, 0.3) is 0 Å². The molecule has 0 spiro atoms. The van der Waals surface area contributed by atoms with Crippen molar-refractivity contribution in [2.24, 2.45) is 11.3 Å². The molecule has 0 amide bonds. The zero-order valence-electron chi connectivity index (χ0n) is 10.2. The Kier molecular flexibility index (Phi) is 3.36. The molecule has 1 heterocycles. The van der Waals surface area contributed by atoms with Gasteiger partial charge >= 0.3 is 0 Å². The average molecular weight is 211 g/mol. The molecule has 1 aliphatic carbocycles. The molecule has 0 aromatic rings. The van der Waals surface area contributed by atoms with Crippen molar-refractivity contribution in [1.29, 1.82) is 0 Å². The predicted octanol–water partition coefficient (Wildman–Crippen LogP) is 2.27. The maximum Gasteiger partial charge on any atom is 0.0465 e. The predicted molar refractivity (Wildman–Crippen MR) is 62.8 cm³/mol. The van der Waals surface area contributed by atoms with Crippen LogP contribution in [0, 0.1) is 11.3 Å². The van der Waals surface area contributed by atoms with Crippen LogP contribution in [0.4, 0.5) is 0 Å². The van der Waals surface area contributed by atoms with E-state index in [0.29, 0.717) is 17.9 Å². The van der Waals surface area contributed by atoms with Crippen LogP contribution >= 0.6 is 0 Å². The summed E-state index contributed by atoms with van der Waals surface area (Å²) in [6.45, 7) is 7.39. The fourth-order valence-electron chi connectivity index (χ4n) is 3.36. The fraction of sp³-hybridized carbons (Fsp3) is 1.00. The van der Waals surface area contributed by atoms with Crippen molar-refractivity contribution in [3.8, 4) is 0 Å². The highest BCUT2D eigenvalue weighted by Crippen LogP contribution is 2.37. The lowest BCUT2D eigenvalue weighted by atomic mass is 9.74. The van der Waals surface area contributed by atoms with Crippen LogP contribution in [0.1, 0.15) is 46.0 Å². The molecule has 1 saturated heterocycles. The molecule has 2 fully saturated rings. The maximum absolute atomic E-state index is 9.36. The van der Waals surface area contributed by atoms with Crippen LogP contribution in [-0.2, 0) is 0 Å². The Hall–Kier alpha value is -0.0800. The highest BCUT2D eigenvalue weighted by atomic mass is 16.3. The SMILES string of the molecule is CC1(C)CN(C2CCCC2)CCC1CO. The van der Waals surface area contributed by atoms with Crippen molar-refractivity contribution < 1.29 is 5.11 Å². The summed E-state index contributed by atoms with van der Waals surface area (Å²) in [7, 11) is 0. The van der Waals surface area contributed by atoms with Gasteiger partial charge in [0.1, 0.15) is 0 Å². The van der Waals surface area contributed by atoms with Gasteiger partial charge in [-0.2, -0.15) is 0 Å². The Balaban J connectivity index is 1.95. The summed E-state index contributed by atoms with van der Waals surface area (Å²) < 4.78 is 0. The summed E-state index contributed by atoms with van der Waals surface area (Å²) in [6, 6.07) is 0.851. The number of likely N-dealkylation sites (tertiary alicyclic amines) is 1. The third-order valence-corrected chi connectivity index (χ3v) is 4.54. The molecular weight excluding hydrogens is 186 g/mol. The molecule has 2 nitrogen and oxygen atoms in total. The van der Waals surface area contributed by atoms with Crippen LogP contribution in [0.2, 0.25) is 0 Å². The second-order valence-electron chi connectivity index (χ2n) is 6.07. The molecule has 15 heavy (non-hydrogen) atoms. The largest absolute Gasteiger partial charge is 0.396 e. The Bertz CT molecular complexity index is 209. The molecule has 0 aromatic carbocycles. The number of aliphatic hydroxyl groups is 1. The number of piperidine rings is 1. The van der Waals surface area contributed by atoms with Crippen molar-refractivity contribution in [3.63, 3.8) is 0 Å². The average Bonchev–Trinajstić information content (AvgIpc) is 2.69. The lowest BCUT2D eigenvalue weighted by molar-refractivity contribution is 0.00283. The van der Waals surface area contributed by atoms with E-state index in [-0.39, 0.29) is 0 Å². The van der Waals surface area contributed by atoms with Gasteiger partial charge in [-0.1, -0.05) is 26.7 Å². The molecular formula is C13H25NO. The molecule has 1 aliphatic heterocycles. The normalized spacial score (nSPS) is 33.4. The molecule has 88 valence electrons. The van der Waals surface area contributed by atoms with E-state index < -0.39 is 0 Å². The zero-order valence-corrected chi connectivity index (χ0v) is 10.2. The summed E-state index contributed by atoms with van der Waals surface area (Å²) in [4.78, 5) is 2.68. The van der Waals surface area contributed by atoms with E-state index >= 15 is 0 Å². The van der Waals surface area contributed by atoms with Crippen LogP contribution in [0.25, 0.3) is 0 Å². The van der Waals surface area contributed by atoms with Crippen molar-refractivity contribution in [2.45, 2.75) is 52.0 Å². The Morgan fingerprint density at radius 3 is 2.40 bits per heavy atom. The van der Waals surface area contributed by atoms with Gasteiger partial charge in [-0.15, -0.1) is 0 Å². The van der Waals surface area contributed by atoms with Gasteiger partial charge in [0, 0.05) is 19.2 Å². The van der Waals surface area contributed by atoms with Gasteiger partial charge in [-0.05, 0) is 37.1 Å². The van der Waals surface area contributed by atoms with E-state index in [0.717, 1.165) is 6.04 Å². The molecule has 1 unspecified atom stereocenters. The molecule has 0 radical (unpaired) electrons. The number of rotatable bonds is 2. The Morgan fingerprint density at radius 1 is 1.20 bits per heavy atom. The van der Waals surface area contributed by atoms with Gasteiger partial charge in [-0.25, -0.2) is 0 Å². The van der Waals surface area contributed by atoms with E-state index in [1.807, 2.05) is 0 Å². The quantitative estimate of drug-likeness (QED) is 0.757. The lowest BCUT2D eigenvalue weighted by Gasteiger charge is -2.46. The van der Waals surface area contributed by atoms with Crippen LogP contribution in [-0.4, -0.2) is 35.7 Å². The zero-order chi connectivity index (χ0) is 10.9. The van der Waals surface area contributed by atoms with Crippen molar-refractivity contribution in [1.82, 2.24) is 4.90 Å². The molecule has 2 aliphatic rings. The van der Waals surface area contributed by atoms with Crippen molar-refractivity contribution >= 4 is 0 Å². The molecule has 0 aromatic heterocycles. The minimum absolute atomic E-state index is 0.301. The van der Waals surface area contributed by atoms with E-state index in [1.54, 1.807) is 0 Å². The van der Waals surface area contributed by atoms with Crippen LogP contribution < -0.4 is 0 Å². The molecule has 0 bridgehead atoms. The van der Waals surface area contributed by atoms with E-state index in [2.05, 4.69) is 18.7 Å². The molecule has 1 saturated carbocycles. The van der Waals surface area contributed by atoms with Gasteiger partial charge < -0.3 is 5.11 Å². The topological polar surface area (TPSA) is 23.5 Å². The molecule has 1 atom stereocenters. The van der Waals surface area contributed by atoms with Gasteiger partial charge in [-0.3, -0.25) is 4.90 Å². The minimum Gasteiger partial charge on any atom is -0.396 e. The smallest absolute Gasteiger partial charge is 0.0465 e. The highest BCUT2D eigenvalue weighted by Gasteiger charge is 2.37. The highest BCUT2D eigenvalue weighted by molar-refractivity contribution is 4.90. The van der Waals surface area contributed by atoms with Crippen molar-refractivity contribution in [3.05, 3.63) is 0 Å². The third kappa shape index (κ3) is 2.36. The second-order valence-corrected chi connectivity index (χ2v) is 6.07. The van der Waals surface area contributed by atoms with Gasteiger partial charge in [0.15, 0.2) is 0 Å². The lowest BCUT2D eigenvalue weighted by Crippen LogP contribution is -2.50. The molecule has 2 heteroatoms. The van der Waals surface area contributed by atoms with E-state index in [9.17, 15) is 5.11 Å². The van der Waals surface area contributed by atoms with Crippen LogP contribution in [0.15, 0.2) is 0 Å². The van der Waals surface area contributed by atoms with Crippen LogP contribution in [0.5, 0.6) is 0 Å². The summed E-state index contributed by atoms with van der Waals surface area (Å²) in [5.74, 6) is 0.509. The molecule has 1 N–H and O–H groups in total. The Labute approximate surface area is 93.7 Å². The monoisotopic (exact) mass is 211 g/mol. The Morgan fingerprint density at radius 2 is 1.87 bits per heavy atom. The standard InChI is InChI=1S/C13H25NO/c1-13(2)10-14(8-7-11(13)9-15)12-5-3-4-6-12/h11-12,15H,3-10H2,1-2H3. The maximum atomic E-state index is 9.36. The van der Waals surface area contributed by atoms with Crippen LogP contribution in [0.3, 0.4) is 0 Å². The second kappa shape index (κ2) is 4.42.